The number of para-hydroxylation sites is 1. The first-order chi connectivity index (χ1) is 14.7. The Morgan fingerprint density at radius 3 is 3.00 bits per heavy atom. The van der Waals surface area contributed by atoms with Crippen LogP contribution in [0.4, 0.5) is 0 Å². The number of aromatic nitrogens is 1. The molecule has 1 aromatic heterocycles. The second kappa shape index (κ2) is 7.46. The first-order valence-electron chi connectivity index (χ1n) is 9.77. The minimum absolute atomic E-state index is 0.153. The fourth-order valence-electron chi connectivity index (χ4n) is 3.87. The van der Waals surface area contributed by atoms with Crippen LogP contribution in [0.15, 0.2) is 66.3 Å². The Labute approximate surface area is 178 Å². The molecule has 0 fully saturated rings. The van der Waals surface area contributed by atoms with Gasteiger partial charge in [0.05, 0.1) is 35.7 Å². The third-order valence-corrected chi connectivity index (χ3v) is 6.03. The van der Waals surface area contributed by atoms with Crippen molar-refractivity contribution in [2.45, 2.75) is 13.3 Å². The number of benzene rings is 1. The number of nitrogens with zero attached hydrogens (tertiary/aromatic N) is 2. The molecule has 0 saturated heterocycles. The van der Waals surface area contributed by atoms with Gasteiger partial charge in [-0.05, 0) is 37.1 Å². The molecule has 2 N–H and O–H groups in total. The summed E-state index contributed by atoms with van der Waals surface area (Å²) in [6.07, 6.45) is 9.59. The number of esters is 1. The molecule has 152 valence electrons. The summed E-state index contributed by atoms with van der Waals surface area (Å²) in [7, 11) is 0. The minimum Gasteiger partial charge on any atom is -0.462 e. The van der Waals surface area contributed by atoms with E-state index in [1.807, 2.05) is 47.0 Å². The maximum atomic E-state index is 13.3. The third-order valence-electron chi connectivity index (χ3n) is 5.28. The first-order valence-corrected chi connectivity index (χ1v) is 10.5. The van der Waals surface area contributed by atoms with Gasteiger partial charge < -0.3 is 19.3 Å². The third kappa shape index (κ3) is 3.09. The molecule has 3 aliphatic heterocycles. The lowest BCUT2D eigenvalue weighted by atomic mass is 10.0. The number of allylic oxidation sites excluding steroid dienone is 1. The van der Waals surface area contributed by atoms with Crippen molar-refractivity contribution in [1.29, 1.82) is 0 Å². The van der Waals surface area contributed by atoms with E-state index in [1.54, 1.807) is 24.1 Å². The maximum absolute atomic E-state index is 13.3. The van der Waals surface area contributed by atoms with Crippen LogP contribution < -0.4 is 4.72 Å². The Morgan fingerprint density at radius 1 is 1.27 bits per heavy atom. The first kappa shape index (κ1) is 18.6. The Bertz CT molecular complexity index is 1170. The summed E-state index contributed by atoms with van der Waals surface area (Å²) in [6.45, 7) is 2.51. The van der Waals surface area contributed by atoms with Crippen molar-refractivity contribution in [2.75, 3.05) is 13.2 Å². The fourth-order valence-corrected chi connectivity index (χ4v) is 4.49. The quantitative estimate of drug-likeness (QED) is 0.587. The Kier molecular flexibility index (Phi) is 4.63. The van der Waals surface area contributed by atoms with Crippen molar-refractivity contribution >= 4 is 40.5 Å². The molecule has 0 unspecified atom stereocenters. The van der Waals surface area contributed by atoms with Crippen LogP contribution in [0.1, 0.15) is 18.2 Å². The number of ether oxygens (including phenoxy) is 1. The van der Waals surface area contributed by atoms with Gasteiger partial charge in [0.15, 0.2) is 0 Å². The second-order valence-electron chi connectivity index (χ2n) is 7.06. The molecule has 3 aliphatic rings. The molecular weight excluding hydrogens is 400 g/mol. The molecule has 8 heteroatoms. The molecule has 0 aliphatic carbocycles. The molecule has 7 nitrogen and oxygen atoms in total. The van der Waals surface area contributed by atoms with Crippen molar-refractivity contribution in [3.63, 3.8) is 0 Å². The molecule has 2 aromatic rings. The van der Waals surface area contributed by atoms with Crippen LogP contribution in [0.3, 0.4) is 0 Å². The lowest BCUT2D eigenvalue weighted by molar-refractivity contribution is -0.136. The molecule has 30 heavy (non-hydrogen) atoms. The molecule has 4 heterocycles. The van der Waals surface area contributed by atoms with Crippen LogP contribution >= 0.6 is 12.1 Å². The highest BCUT2D eigenvalue weighted by Crippen LogP contribution is 2.33. The van der Waals surface area contributed by atoms with E-state index in [2.05, 4.69) is 9.71 Å². The van der Waals surface area contributed by atoms with E-state index in [9.17, 15) is 9.59 Å². The van der Waals surface area contributed by atoms with E-state index in [0.717, 1.165) is 27.9 Å². The van der Waals surface area contributed by atoms with Gasteiger partial charge >= 0.3 is 5.97 Å². The van der Waals surface area contributed by atoms with E-state index >= 15 is 0 Å². The zero-order valence-electron chi connectivity index (χ0n) is 16.3. The van der Waals surface area contributed by atoms with Gasteiger partial charge in [-0.25, -0.2) is 4.79 Å². The predicted octanol–water partition coefficient (Wildman–Crippen LogP) is 3.22. The van der Waals surface area contributed by atoms with Crippen LogP contribution in [0.5, 0.6) is 0 Å². The van der Waals surface area contributed by atoms with Crippen LogP contribution in [0.2, 0.25) is 0 Å². The molecular formula is C22H20N4O3S. The lowest BCUT2D eigenvalue weighted by Crippen LogP contribution is -2.29. The van der Waals surface area contributed by atoms with E-state index in [1.165, 1.54) is 12.1 Å². The SMILES string of the molecule is CCOC(=O)C1=CN(C(=O)C2=CC3=CNSN3C=C2)CCc2c1[nH]c1ccccc21. The summed E-state index contributed by atoms with van der Waals surface area (Å²) in [6, 6.07) is 7.95. The van der Waals surface area contributed by atoms with Gasteiger partial charge in [-0.1, -0.05) is 18.2 Å². The van der Waals surface area contributed by atoms with Gasteiger partial charge in [0.2, 0.25) is 0 Å². The Balaban J connectivity index is 1.54. The van der Waals surface area contributed by atoms with E-state index in [0.29, 0.717) is 24.1 Å². The predicted molar refractivity (Wildman–Crippen MR) is 116 cm³/mol. The number of amides is 1. The molecule has 1 aromatic carbocycles. The number of carbonyl (C=O) groups is 2. The summed E-state index contributed by atoms with van der Waals surface area (Å²) in [5, 5.41) is 1.06. The number of hydrogen-bond acceptors (Lipinski definition) is 6. The highest BCUT2D eigenvalue weighted by atomic mass is 32.2. The zero-order valence-corrected chi connectivity index (χ0v) is 17.2. The van der Waals surface area contributed by atoms with Crippen molar-refractivity contribution < 1.29 is 14.3 Å². The lowest BCUT2D eigenvalue weighted by Gasteiger charge is -2.22. The highest BCUT2D eigenvalue weighted by molar-refractivity contribution is 7.95. The number of carbonyl (C=O) groups excluding carboxylic acids is 2. The van der Waals surface area contributed by atoms with E-state index in [4.69, 9.17) is 4.74 Å². The number of H-pyrrole nitrogens is 1. The highest BCUT2D eigenvalue weighted by Gasteiger charge is 2.29. The van der Waals surface area contributed by atoms with Crippen LogP contribution in [0.25, 0.3) is 16.5 Å². The normalized spacial score (nSPS) is 17.4. The smallest absolute Gasteiger partial charge is 0.341 e. The monoisotopic (exact) mass is 420 g/mol. The molecule has 0 atom stereocenters. The van der Waals surface area contributed by atoms with Crippen molar-refractivity contribution in [2.24, 2.45) is 0 Å². The zero-order chi connectivity index (χ0) is 20.7. The van der Waals surface area contributed by atoms with Crippen LogP contribution in [0, 0.1) is 0 Å². The topological polar surface area (TPSA) is 77.7 Å². The Hall–Kier alpha value is -3.39. The maximum Gasteiger partial charge on any atom is 0.341 e. The number of rotatable bonds is 3. The standard InChI is InChI=1S/C22H20N4O3S/c1-2-29-22(28)18-13-25(21(27)14-7-10-26-15(11-14)12-23-30-26)9-8-17-16-5-3-4-6-19(16)24-20(17)18/h3-7,10-13,23-24H,2,8-9H2,1H3. The summed E-state index contributed by atoms with van der Waals surface area (Å²) in [4.78, 5) is 31.0. The number of nitrogens with one attached hydrogen (secondary N) is 2. The molecule has 0 radical (unpaired) electrons. The van der Waals surface area contributed by atoms with Crippen LogP contribution in [-0.4, -0.2) is 39.2 Å². The minimum atomic E-state index is -0.441. The number of aromatic amines is 1. The van der Waals surface area contributed by atoms with Crippen LogP contribution in [-0.2, 0) is 20.7 Å². The van der Waals surface area contributed by atoms with Gasteiger partial charge in [-0.15, -0.1) is 0 Å². The van der Waals surface area contributed by atoms with Gasteiger partial charge in [0.25, 0.3) is 5.91 Å². The second-order valence-corrected chi connectivity index (χ2v) is 7.87. The van der Waals surface area contributed by atoms with Gasteiger partial charge in [0, 0.05) is 41.6 Å². The average molecular weight is 420 g/mol. The average Bonchev–Trinajstić information content (AvgIpc) is 3.32. The van der Waals surface area contributed by atoms with Crippen molar-refractivity contribution in [1.82, 2.24) is 18.9 Å². The number of hydrogen-bond donors (Lipinski definition) is 2. The molecule has 1 amide bonds. The van der Waals surface area contributed by atoms with E-state index < -0.39 is 5.97 Å². The largest absolute Gasteiger partial charge is 0.462 e. The summed E-state index contributed by atoms with van der Waals surface area (Å²) < 4.78 is 10.3. The van der Waals surface area contributed by atoms with E-state index in [-0.39, 0.29) is 12.5 Å². The number of fused-ring (bicyclic) bond motifs is 4. The molecule has 0 saturated carbocycles. The van der Waals surface area contributed by atoms with Gasteiger partial charge in [0.1, 0.15) is 0 Å². The van der Waals surface area contributed by atoms with Crippen molar-refractivity contribution in [3.8, 4) is 0 Å². The summed E-state index contributed by atoms with van der Waals surface area (Å²) in [5.74, 6) is -0.594. The Morgan fingerprint density at radius 2 is 2.13 bits per heavy atom. The molecule has 0 spiro atoms. The summed E-state index contributed by atoms with van der Waals surface area (Å²) in [5.41, 5.74) is 4.56. The van der Waals surface area contributed by atoms with Gasteiger partial charge in [-0.3, -0.25) is 9.10 Å². The molecule has 0 bridgehead atoms. The van der Waals surface area contributed by atoms with Crippen molar-refractivity contribution in [3.05, 3.63) is 77.5 Å². The summed E-state index contributed by atoms with van der Waals surface area (Å²) >= 11 is 1.44. The molecule has 5 rings (SSSR count). The van der Waals surface area contributed by atoms with Gasteiger partial charge in [-0.2, -0.15) is 0 Å². The fraction of sp³-hybridized carbons (Fsp3) is 0.182.